The minimum atomic E-state index is -3.13. The van der Waals surface area contributed by atoms with Crippen LogP contribution in [0.2, 0.25) is 5.02 Å². The first-order chi connectivity index (χ1) is 6.92. The van der Waals surface area contributed by atoms with Gasteiger partial charge in [0.05, 0.1) is 16.5 Å². The van der Waals surface area contributed by atoms with Crippen LogP contribution in [0.15, 0.2) is 12.1 Å². The van der Waals surface area contributed by atoms with Crippen LogP contribution in [0.1, 0.15) is 5.56 Å². The van der Waals surface area contributed by atoms with Gasteiger partial charge in [-0.1, -0.05) is 11.6 Å². The number of fused-ring (bicyclic) bond motifs is 1. The van der Waals surface area contributed by atoms with E-state index in [1.807, 2.05) is 6.07 Å². The predicted octanol–water partition coefficient (Wildman–Crippen LogP) is 2.27. The van der Waals surface area contributed by atoms with Crippen molar-refractivity contribution in [3.8, 4) is 0 Å². The van der Waals surface area contributed by atoms with E-state index < -0.39 is 10.0 Å². The highest BCUT2D eigenvalue weighted by Gasteiger charge is 2.27. The molecule has 1 aromatic carbocycles. The first kappa shape index (κ1) is 11.5. The van der Waals surface area contributed by atoms with Gasteiger partial charge in [-0.2, -0.15) is 0 Å². The molecule has 0 fully saturated rings. The van der Waals surface area contributed by atoms with Gasteiger partial charge in [0.1, 0.15) is 0 Å². The summed E-state index contributed by atoms with van der Waals surface area (Å²) in [5.74, 6) is 0.175. The highest BCUT2D eigenvalue weighted by Crippen LogP contribution is 2.33. The van der Waals surface area contributed by atoms with Gasteiger partial charge in [0.15, 0.2) is 0 Å². The van der Waals surface area contributed by atoms with Crippen LogP contribution in [-0.4, -0.2) is 21.2 Å². The minimum absolute atomic E-state index is 0.175. The van der Waals surface area contributed by atoms with Crippen molar-refractivity contribution >= 4 is 49.9 Å². The van der Waals surface area contributed by atoms with Crippen LogP contribution in [0, 0.1) is 3.57 Å². The van der Waals surface area contributed by atoms with E-state index in [0.717, 1.165) is 9.13 Å². The van der Waals surface area contributed by atoms with Crippen LogP contribution < -0.4 is 4.31 Å². The van der Waals surface area contributed by atoms with Gasteiger partial charge in [-0.15, -0.1) is 0 Å². The summed E-state index contributed by atoms with van der Waals surface area (Å²) in [7, 11) is -1.57. The highest BCUT2D eigenvalue weighted by atomic mass is 127. The van der Waals surface area contributed by atoms with Gasteiger partial charge in [-0.3, -0.25) is 4.31 Å². The van der Waals surface area contributed by atoms with E-state index in [1.54, 1.807) is 13.1 Å². The highest BCUT2D eigenvalue weighted by molar-refractivity contribution is 14.1. The molecule has 0 saturated heterocycles. The molecule has 1 aromatic rings. The van der Waals surface area contributed by atoms with Crippen molar-refractivity contribution in [2.75, 3.05) is 17.1 Å². The molecule has 1 heterocycles. The number of anilines is 1. The van der Waals surface area contributed by atoms with Crippen molar-refractivity contribution in [1.82, 2.24) is 0 Å². The summed E-state index contributed by atoms with van der Waals surface area (Å²) in [5, 5.41) is 0.596. The maximum atomic E-state index is 11.6. The van der Waals surface area contributed by atoms with Gasteiger partial charge in [-0.05, 0) is 46.7 Å². The Morgan fingerprint density at radius 3 is 2.80 bits per heavy atom. The summed E-state index contributed by atoms with van der Waals surface area (Å²) in [6.45, 7) is 0. The molecule has 15 heavy (non-hydrogen) atoms. The molecule has 0 radical (unpaired) electrons. The normalized spacial score (nSPS) is 18.7. The minimum Gasteiger partial charge on any atom is -0.273 e. The third-order valence-electron chi connectivity index (χ3n) is 2.51. The van der Waals surface area contributed by atoms with E-state index in [-0.39, 0.29) is 5.75 Å². The SMILES string of the molecule is CN1c2cc(Cl)c(I)cc2CCS1(=O)=O. The molecule has 0 saturated carbocycles. The Hall–Kier alpha value is -0.0100. The molecule has 1 aliphatic rings. The first-order valence-corrected chi connectivity index (χ1v) is 7.43. The van der Waals surface area contributed by atoms with Crippen LogP contribution in [0.25, 0.3) is 0 Å². The summed E-state index contributed by atoms with van der Waals surface area (Å²) in [5.41, 5.74) is 1.74. The fourth-order valence-electron chi connectivity index (χ4n) is 1.60. The molecule has 0 unspecified atom stereocenters. The fourth-order valence-corrected chi connectivity index (χ4v) is 3.51. The van der Waals surface area contributed by atoms with Crippen molar-refractivity contribution in [3.05, 3.63) is 26.3 Å². The van der Waals surface area contributed by atoms with Crippen LogP contribution in [0.5, 0.6) is 0 Å². The van der Waals surface area contributed by atoms with Crippen LogP contribution in [0.3, 0.4) is 0 Å². The predicted molar refractivity (Wildman–Crippen MR) is 70.1 cm³/mol. The lowest BCUT2D eigenvalue weighted by molar-refractivity contribution is 0.591. The third-order valence-corrected chi connectivity index (χ3v) is 5.78. The second kappa shape index (κ2) is 3.78. The van der Waals surface area contributed by atoms with E-state index in [4.69, 9.17) is 11.6 Å². The molecule has 0 bridgehead atoms. The van der Waals surface area contributed by atoms with Gasteiger partial charge in [0.2, 0.25) is 10.0 Å². The van der Waals surface area contributed by atoms with Crippen LogP contribution in [-0.2, 0) is 16.4 Å². The first-order valence-electron chi connectivity index (χ1n) is 4.36. The Labute approximate surface area is 108 Å². The van der Waals surface area contributed by atoms with Crippen molar-refractivity contribution in [2.24, 2.45) is 0 Å². The quantitative estimate of drug-likeness (QED) is 0.668. The zero-order chi connectivity index (χ0) is 11.2. The van der Waals surface area contributed by atoms with Crippen molar-refractivity contribution < 1.29 is 8.42 Å². The molecule has 0 amide bonds. The van der Waals surface area contributed by atoms with E-state index in [2.05, 4.69) is 22.6 Å². The van der Waals surface area contributed by atoms with Gasteiger partial charge in [0.25, 0.3) is 0 Å². The summed E-state index contributed by atoms with van der Waals surface area (Å²) in [6.07, 6.45) is 0.565. The van der Waals surface area contributed by atoms with Crippen molar-refractivity contribution in [1.29, 1.82) is 0 Å². The molecule has 0 spiro atoms. The van der Waals surface area contributed by atoms with Gasteiger partial charge < -0.3 is 0 Å². The number of aryl methyl sites for hydroxylation is 1. The van der Waals surface area contributed by atoms with Crippen molar-refractivity contribution in [3.63, 3.8) is 0 Å². The van der Waals surface area contributed by atoms with E-state index in [0.29, 0.717) is 17.1 Å². The second-order valence-electron chi connectivity index (χ2n) is 3.43. The van der Waals surface area contributed by atoms with Gasteiger partial charge in [0, 0.05) is 10.6 Å². The molecule has 2 rings (SSSR count). The molecule has 82 valence electrons. The Kier molecular flexibility index (Phi) is 2.89. The lowest BCUT2D eigenvalue weighted by Crippen LogP contribution is -2.34. The van der Waals surface area contributed by atoms with Gasteiger partial charge in [-0.25, -0.2) is 8.42 Å². The Morgan fingerprint density at radius 2 is 2.13 bits per heavy atom. The number of rotatable bonds is 0. The number of sulfonamides is 1. The molecule has 1 aliphatic heterocycles. The molecular weight excluding hydrogens is 349 g/mol. The lowest BCUT2D eigenvalue weighted by atomic mass is 10.1. The molecule has 0 aliphatic carbocycles. The Bertz CT molecular complexity index is 515. The third kappa shape index (κ3) is 1.97. The molecule has 6 heteroatoms. The average Bonchev–Trinajstić information content (AvgIpc) is 2.16. The average molecular weight is 358 g/mol. The maximum absolute atomic E-state index is 11.6. The molecule has 0 atom stereocenters. The molecule has 0 aromatic heterocycles. The summed E-state index contributed by atoms with van der Waals surface area (Å²) >= 11 is 8.12. The molecule has 3 nitrogen and oxygen atoms in total. The zero-order valence-corrected chi connectivity index (χ0v) is 11.7. The number of hydrogen-bond acceptors (Lipinski definition) is 2. The van der Waals surface area contributed by atoms with E-state index >= 15 is 0 Å². The largest absolute Gasteiger partial charge is 0.273 e. The number of halogens is 2. The topological polar surface area (TPSA) is 37.4 Å². The Balaban J connectivity index is 2.62. The Morgan fingerprint density at radius 1 is 1.47 bits per heavy atom. The molecule has 0 N–H and O–H groups in total. The van der Waals surface area contributed by atoms with Crippen molar-refractivity contribution in [2.45, 2.75) is 6.42 Å². The fraction of sp³-hybridized carbons (Fsp3) is 0.333. The summed E-state index contributed by atoms with van der Waals surface area (Å²) < 4.78 is 25.5. The maximum Gasteiger partial charge on any atom is 0.235 e. The monoisotopic (exact) mass is 357 g/mol. The van der Waals surface area contributed by atoms with E-state index in [1.165, 1.54) is 4.31 Å². The standard InChI is InChI=1S/C9H9ClINO2S/c1-12-9-5-7(10)8(11)4-6(9)2-3-15(12,13)14/h4-5H,2-3H2,1H3. The number of hydrogen-bond donors (Lipinski definition) is 0. The number of benzene rings is 1. The van der Waals surface area contributed by atoms with Crippen LogP contribution in [0.4, 0.5) is 5.69 Å². The zero-order valence-electron chi connectivity index (χ0n) is 8.00. The number of nitrogens with zero attached hydrogens (tertiary/aromatic N) is 1. The lowest BCUT2D eigenvalue weighted by Gasteiger charge is -2.27. The second-order valence-corrected chi connectivity index (χ2v) is 7.12. The van der Waals surface area contributed by atoms with Gasteiger partial charge >= 0.3 is 0 Å². The summed E-state index contributed by atoms with van der Waals surface area (Å²) in [6, 6.07) is 3.67. The van der Waals surface area contributed by atoms with Crippen LogP contribution >= 0.6 is 34.2 Å². The molecular formula is C9H9ClINO2S. The smallest absolute Gasteiger partial charge is 0.235 e. The summed E-state index contributed by atoms with van der Waals surface area (Å²) in [4.78, 5) is 0. The van der Waals surface area contributed by atoms with E-state index in [9.17, 15) is 8.42 Å².